The van der Waals surface area contributed by atoms with Gasteiger partial charge in [0.2, 0.25) is 0 Å². The maximum absolute atomic E-state index is 12.1. The summed E-state index contributed by atoms with van der Waals surface area (Å²) in [6, 6.07) is 0. The van der Waals surface area contributed by atoms with Gasteiger partial charge in [0.1, 0.15) is 0 Å². The second-order valence-electron chi connectivity index (χ2n) is 7.60. The maximum atomic E-state index is 12.1. The summed E-state index contributed by atoms with van der Waals surface area (Å²) < 4.78 is 9.80. The molecule has 0 spiro atoms. The number of carbonyl (C=O) groups is 2. The Labute approximate surface area is 124 Å². The highest BCUT2D eigenvalue weighted by molar-refractivity contribution is 6.08. The Bertz CT molecular complexity index is 342. The lowest BCUT2D eigenvalue weighted by atomic mass is 9.70. The molecule has 0 radical (unpaired) electrons. The van der Waals surface area contributed by atoms with Crippen molar-refractivity contribution in [3.63, 3.8) is 0 Å². The first kappa shape index (κ1) is 19.1. The van der Waals surface area contributed by atoms with E-state index in [0.717, 1.165) is 6.42 Å². The Morgan fingerprint density at radius 1 is 0.950 bits per heavy atom. The summed E-state index contributed by atoms with van der Waals surface area (Å²) in [4.78, 5) is 24.2. The molecule has 0 aliphatic heterocycles. The van der Waals surface area contributed by atoms with Gasteiger partial charge < -0.3 is 9.31 Å². The number of rotatable bonds is 5. The average molecular weight is 282 g/mol. The highest BCUT2D eigenvalue weighted by atomic mass is 16.5. The Balaban J connectivity index is 5.33. The van der Waals surface area contributed by atoms with E-state index in [9.17, 15) is 9.59 Å². The molecule has 114 valence electrons. The van der Waals surface area contributed by atoms with E-state index in [1.54, 1.807) is 0 Å². The first-order valence-corrected chi connectivity index (χ1v) is 7.09. The van der Waals surface area contributed by atoms with E-state index in [4.69, 9.17) is 9.31 Å². The van der Waals surface area contributed by atoms with Gasteiger partial charge in [0.05, 0.1) is 11.8 Å². The van der Waals surface area contributed by atoms with Gasteiger partial charge in [0.15, 0.2) is 0 Å². The molecule has 0 fully saturated rings. The zero-order valence-electron chi connectivity index (χ0n) is 14.2. The monoisotopic (exact) mass is 282 g/mol. The van der Waals surface area contributed by atoms with Crippen LogP contribution in [0.25, 0.3) is 0 Å². The largest absolute Gasteiger partial charge is 0.543 e. The first-order valence-electron chi connectivity index (χ1n) is 7.09. The molecule has 0 amide bonds. The summed E-state index contributed by atoms with van der Waals surface area (Å²) >= 11 is 0. The van der Waals surface area contributed by atoms with Crippen LogP contribution in [0.3, 0.4) is 0 Å². The van der Waals surface area contributed by atoms with Gasteiger partial charge in [-0.2, -0.15) is 0 Å². The van der Waals surface area contributed by atoms with Crippen LogP contribution in [-0.2, 0) is 18.9 Å². The quantitative estimate of drug-likeness (QED) is 0.713. The van der Waals surface area contributed by atoms with Gasteiger partial charge in [-0.3, -0.25) is 9.59 Å². The topological polar surface area (TPSA) is 52.6 Å². The molecule has 0 aliphatic carbocycles. The van der Waals surface area contributed by atoms with E-state index >= 15 is 0 Å². The van der Waals surface area contributed by atoms with Gasteiger partial charge in [-0.05, 0) is 23.7 Å². The molecule has 0 bridgehead atoms. The molecule has 4 nitrogen and oxygen atoms in total. The second-order valence-corrected chi connectivity index (χ2v) is 7.60. The molecule has 0 aromatic heterocycles. The normalized spacial score (nSPS) is 15.3. The van der Waals surface area contributed by atoms with Crippen molar-refractivity contribution in [2.75, 3.05) is 0 Å². The van der Waals surface area contributed by atoms with Gasteiger partial charge in [-0.1, -0.05) is 41.5 Å². The third-order valence-corrected chi connectivity index (χ3v) is 3.50. The Morgan fingerprint density at radius 3 is 1.70 bits per heavy atom. The van der Waals surface area contributed by atoms with Crippen LogP contribution in [0.2, 0.25) is 0 Å². The van der Waals surface area contributed by atoms with E-state index in [-0.39, 0.29) is 22.8 Å². The molecule has 0 N–H and O–H groups in total. The van der Waals surface area contributed by atoms with Gasteiger partial charge in [-0.15, -0.1) is 0 Å². The van der Waals surface area contributed by atoms with Gasteiger partial charge in [0.25, 0.3) is 11.9 Å². The summed E-state index contributed by atoms with van der Waals surface area (Å²) in [6.45, 7) is 12.2. The molecule has 2 unspecified atom stereocenters. The van der Waals surface area contributed by atoms with Crippen molar-refractivity contribution in [3.05, 3.63) is 0 Å². The highest BCUT2D eigenvalue weighted by Crippen LogP contribution is 2.38. The van der Waals surface area contributed by atoms with Crippen LogP contribution in [-0.4, -0.2) is 28.0 Å². The van der Waals surface area contributed by atoms with Crippen molar-refractivity contribution in [3.8, 4) is 0 Å². The molecular weight excluding hydrogens is 254 g/mol. The molecule has 0 heterocycles. The highest BCUT2D eigenvalue weighted by Gasteiger charge is 2.42. The fourth-order valence-corrected chi connectivity index (χ4v) is 2.41. The van der Waals surface area contributed by atoms with E-state index in [1.165, 1.54) is 16.1 Å². The van der Waals surface area contributed by atoms with E-state index in [2.05, 4.69) is 20.8 Å². The fraction of sp³-hybridized carbons (Fsp3) is 0.857. The molecule has 0 aliphatic rings. The minimum atomic E-state index is -0.498. The Hall–Kier alpha value is -0.930. The molecule has 0 saturated carbocycles. The third kappa shape index (κ3) is 6.02. The molecule has 0 aromatic carbocycles. The first-order chi connectivity index (χ1) is 8.94. The molecule has 20 heavy (non-hydrogen) atoms. The molecule has 0 rings (SSSR count). The van der Waals surface area contributed by atoms with Crippen molar-refractivity contribution in [1.29, 1.82) is 0 Å². The minimum Gasteiger partial charge on any atom is -0.543 e. The molecule has 2 atom stereocenters. The van der Waals surface area contributed by atoms with E-state index in [0.29, 0.717) is 6.42 Å². The van der Waals surface area contributed by atoms with Crippen LogP contribution in [0.1, 0.15) is 54.4 Å². The van der Waals surface area contributed by atoms with Crippen LogP contribution in [0.5, 0.6) is 0 Å². The number of hydrogen-bond donors (Lipinski definition) is 0. The van der Waals surface area contributed by atoms with Crippen LogP contribution in [0.4, 0.5) is 0 Å². The number of carbonyl (C=O) groups excluding carboxylic acids is 2. The third-order valence-electron chi connectivity index (χ3n) is 3.50. The van der Waals surface area contributed by atoms with Crippen molar-refractivity contribution in [1.82, 2.24) is 0 Å². The fourth-order valence-electron chi connectivity index (χ4n) is 2.41. The summed E-state index contributed by atoms with van der Waals surface area (Å²) in [7, 11) is 2.72. The van der Waals surface area contributed by atoms with Gasteiger partial charge >= 0.3 is 16.1 Å². The van der Waals surface area contributed by atoms with E-state index < -0.39 is 11.8 Å². The predicted octanol–water partition coefficient (Wildman–Crippen LogP) is 1.27. The summed E-state index contributed by atoms with van der Waals surface area (Å²) in [5, 5.41) is 0. The smallest absolute Gasteiger partial charge is 0.325 e. The summed E-state index contributed by atoms with van der Waals surface area (Å²) in [5.41, 5.74) is -0.255. The summed E-state index contributed by atoms with van der Waals surface area (Å²) in [5.74, 6) is -1.64. The SMILES string of the molecule is BOC(=O)C(CCC(C)(C)C)C(C(=O)OB)C(C)(C)C. The lowest BCUT2D eigenvalue weighted by Crippen LogP contribution is -2.40. The minimum absolute atomic E-state index is 0.102. The zero-order valence-corrected chi connectivity index (χ0v) is 14.2. The Morgan fingerprint density at radius 2 is 1.40 bits per heavy atom. The second kappa shape index (κ2) is 7.19. The van der Waals surface area contributed by atoms with Crippen molar-refractivity contribution >= 4 is 28.0 Å². The lowest BCUT2D eigenvalue weighted by Gasteiger charge is -2.35. The van der Waals surface area contributed by atoms with Crippen molar-refractivity contribution < 1.29 is 18.9 Å². The average Bonchev–Trinajstić information content (AvgIpc) is 2.29. The Kier molecular flexibility index (Phi) is 6.85. The molecule has 6 heteroatoms. The molecule has 0 saturated heterocycles. The van der Waals surface area contributed by atoms with E-state index in [1.807, 2.05) is 20.8 Å². The maximum Gasteiger partial charge on any atom is 0.325 e. The zero-order chi connectivity index (χ0) is 16.1. The van der Waals surface area contributed by atoms with Crippen molar-refractivity contribution in [2.24, 2.45) is 22.7 Å². The van der Waals surface area contributed by atoms with Gasteiger partial charge in [-0.25, -0.2) is 0 Å². The number of hydrogen-bond acceptors (Lipinski definition) is 4. The molecular formula is C14H28B2O4. The lowest BCUT2D eigenvalue weighted by molar-refractivity contribution is -0.155. The molecule has 0 aromatic rings. The van der Waals surface area contributed by atoms with Crippen LogP contribution in [0, 0.1) is 22.7 Å². The predicted molar refractivity (Wildman–Crippen MR) is 84.4 cm³/mol. The van der Waals surface area contributed by atoms with Crippen LogP contribution < -0.4 is 0 Å². The standard InChI is InChI=1S/C14H28B2O4/c1-13(2,3)8-7-9(11(17)19-15)10(12(18)20-16)14(4,5)6/h9-10H,7-8,15-16H2,1-6H3. The van der Waals surface area contributed by atoms with Crippen LogP contribution >= 0.6 is 0 Å². The van der Waals surface area contributed by atoms with Gasteiger partial charge in [0, 0.05) is 0 Å². The van der Waals surface area contributed by atoms with Crippen LogP contribution in [0.15, 0.2) is 0 Å². The van der Waals surface area contributed by atoms with Crippen molar-refractivity contribution in [2.45, 2.75) is 54.4 Å². The summed E-state index contributed by atoms with van der Waals surface area (Å²) in [6.07, 6.45) is 1.46.